The van der Waals surface area contributed by atoms with Crippen molar-refractivity contribution in [3.8, 4) is 0 Å². The van der Waals surface area contributed by atoms with Gasteiger partial charge in [0.15, 0.2) is 6.10 Å². The molecule has 2 aliphatic rings. The third-order valence-corrected chi connectivity index (χ3v) is 6.95. The summed E-state index contributed by atoms with van der Waals surface area (Å²) in [5.74, 6) is -0.856. The molecule has 3 rings (SSSR count). The molecule has 1 aliphatic heterocycles. The molecular formula is C21H30N2O5S. The Labute approximate surface area is 172 Å². The molecule has 1 fully saturated rings. The smallest absolute Gasteiger partial charge is 0.338 e. The van der Waals surface area contributed by atoms with Crippen LogP contribution in [0.3, 0.4) is 0 Å². The highest BCUT2D eigenvalue weighted by molar-refractivity contribution is 7.92. The molecule has 0 bridgehead atoms. The number of anilines is 1. The van der Waals surface area contributed by atoms with Gasteiger partial charge in [-0.25, -0.2) is 13.2 Å². The van der Waals surface area contributed by atoms with Gasteiger partial charge in [-0.05, 0) is 56.9 Å². The minimum atomic E-state index is -3.38. The van der Waals surface area contributed by atoms with Crippen LogP contribution in [0, 0.1) is 0 Å². The van der Waals surface area contributed by atoms with Gasteiger partial charge in [0.2, 0.25) is 10.0 Å². The van der Waals surface area contributed by atoms with Crippen LogP contribution in [-0.2, 0) is 26.0 Å². The number of carbonyl (C=O) groups excluding carboxylic acids is 2. The fourth-order valence-electron chi connectivity index (χ4n) is 4.26. The maximum atomic E-state index is 12.5. The lowest BCUT2D eigenvalue weighted by molar-refractivity contribution is -0.129. The molecule has 1 N–H and O–H groups in total. The Morgan fingerprint density at radius 1 is 1.17 bits per heavy atom. The first kappa shape index (κ1) is 21.6. The molecule has 0 unspecified atom stereocenters. The third-order valence-electron chi connectivity index (χ3n) is 5.68. The maximum Gasteiger partial charge on any atom is 0.338 e. The summed E-state index contributed by atoms with van der Waals surface area (Å²) in [4.78, 5) is 24.9. The summed E-state index contributed by atoms with van der Waals surface area (Å²) in [7, 11) is -3.38. The quantitative estimate of drug-likeness (QED) is 0.582. The van der Waals surface area contributed by atoms with E-state index in [-0.39, 0.29) is 18.0 Å². The van der Waals surface area contributed by atoms with Gasteiger partial charge in [0.05, 0.1) is 17.5 Å². The van der Waals surface area contributed by atoms with E-state index in [0.717, 1.165) is 31.2 Å². The van der Waals surface area contributed by atoms with Gasteiger partial charge >= 0.3 is 5.97 Å². The van der Waals surface area contributed by atoms with E-state index in [1.807, 2.05) is 6.92 Å². The van der Waals surface area contributed by atoms with Crippen molar-refractivity contribution >= 4 is 27.6 Å². The molecule has 1 amide bonds. The number of fused-ring (bicyclic) bond motifs is 1. The standard InChI is InChI=1S/C21H30N2O5S/c1-14-12-17-13-16(10-11-19(17)23(14)29(3,26)27)21(25)28-15(2)20(24)22-18-8-6-4-5-7-9-18/h10-11,13-15,18H,4-9,12H2,1-3H3,(H,22,24)/t14-,15+/m1/s1. The summed E-state index contributed by atoms with van der Waals surface area (Å²) in [5, 5.41) is 3.00. The molecule has 1 aliphatic carbocycles. The number of amides is 1. The number of carbonyl (C=O) groups is 2. The van der Waals surface area contributed by atoms with Crippen LogP contribution in [0.5, 0.6) is 0 Å². The molecule has 0 radical (unpaired) electrons. The van der Waals surface area contributed by atoms with Crippen molar-refractivity contribution in [1.29, 1.82) is 0 Å². The number of hydrogen-bond acceptors (Lipinski definition) is 5. The van der Waals surface area contributed by atoms with E-state index in [2.05, 4.69) is 5.32 Å². The summed E-state index contributed by atoms with van der Waals surface area (Å²) >= 11 is 0. The topological polar surface area (TPSA) is 92.8 Å². The lowest BCUT2D eigenvalue weighted by atomic mass is 10.1. The van der Waals surface area contributed by atoms with Crippen LogP contribution in [0.4, 0.5) is 5.69 Å². The van der Waals surface area contributed by atoms with Gasteiger partial charge in [-0.15, -0.1) is 0 Å². The molecule has 160 valence electrons. The molecule has 1 aromatic carbocycles. The van der Waals surface area contributed by atoms with Crippen molar-refractivity contribution < 1.29 is 22.7 Å². The van der Waals surface area contributed by atoms with Crippen molar-refractivity contribution in [3.63, 3.8) is 0 Å². The van der Waals surface area contributed by atoms with Crippen LogP contribution in [0.25, 0.3) is 0 Å². The monoisotopic (exact) mass is 422 g/mol. The van der Waals surface area contributed by atoms with Crippen molar-refractivity contribution in [2.45, 2.75) is 77.0 Å². The molecule has 1 aromatic rings. The van der Waals surface area contributed by atoms with Gasteiger partial charge in [0, 0.05) is 12.1 Å². The molecule has 1 heterocycles. The lowest BCUT2D eigenvalue weighted by Gasteiger charge is -2.22. The predicted octanol–water partition coefficient (Wildman–Crippen LogP) is 2.78. The number of rotatable bonds is 5. The van der Waals surface area contributed by atoms with Gasteiger partial charge in [-0.3, -0.25) is 9.10 Å². The Morgan fingerprint density at radius 3 is 2.45 bits per heavy atom. The molecule has 29 heavy (non-hydrogen) atoms. The minimum absolute atomic E-state index is 0.148. The Balaban J connectivity index is 1.64. The fraction of sp³-hybridized carbons (Fsp3) is 0.619. The predicted molar refractivity (Wildman–Crippen MR) is 111 cm³/mol. The number of ether oxygens (including phenoxy) is 1. The summed E-state index contributed by atoms with van der Waals surface area (Å²) in [6.07, 6.45) is 7.36. The molecular weight excluding hydrogens is 392 g/mol. The fourth-order valence-corrected chi connectivity index (χ4v) is 5.52. The number of sulfonamides is 1. The first-order valence-corrected chi connectivity index (χ1v) is 12.2. The van der Waals surface area contributed by atoms with Gasteiger partial charge in [-0.1, -0.05) is 25.7 Å². The molecule has 0 saturated heterocycles. The average molecular weight is 423 g/mol. The first-order chi connectivity index (χ1) is 13.7. The third kappa shape index (κ3) is 5.10. The van der Waals surface area contributed by atoms with Crippen LogP contribution in [-0.4, -0.2) is 44.7 Å². The Morgan fingerprint density at radius 2 is 1.83 bits per heavy atom. The van der Waals surface area contributed by atoms with Gasteiger partial charge in [0.1, 0.15) is 0 Å². The Hall–Kier alpha value is -2.09. The molecule has 2 atom stereocenters. The second kappa shape index (κ2) is 8.73. The molecule has 8 heteroatoms. The normalized spacial score (nSPS) is 21.2. The van der Waals surface area contributed by atoms with Crippen molar-refractivity contribution in [3.05, 3.63) is 29.3 Å². The first-order valence-electron chi connectivity index (χ1n) is 10.3. The number of nitrogens with zero attached hydrogens (tertiary/aromatic N) is 1. The van der Waals surface area contributed by atoms with Crippen LogP contribution in [0.15, 0.2) is 18.2 Å². The van der Waals surface area contributed by atoms with Crippen molar-refractivity contribution in [2.75, 3.05) is 10.6 Å². The average Bonchev–Trinajstić information content (AvgIpc) is 2.79. The maximum absolute atomic E-state index is 12.5. The zero-order valence-corrected chi connectivity index (χ0v) is 18.1. The Bertz CT molecular complexity index is 875. The lowest BCUT2D eigenvalue weighted by Crippen LogP contribution is -2.41. The second-order valence-electron chi connectivity index (χ2n) is 8.20. The Kier molecular flexibility index (Phi) is 6.51. The number of hydrogen-bond donors (Lipinski definition) is 1. The SMILES string of the molecule is C[C@H](OC(=O)c1ccc2c(c1)C[C@@H](C)N2S(C)(=O)=O)C(=O)NC1CCCCCC1. The number of nitrogens with one attached hydrogen (secondary N) is 1. The van der Waals surface area contributed by atoms with E-state index >= 15 is 0 Å². The molecule has 1 saturated carbocycles. The van der Waals surface area contributed by atoms with E-state index in [1.165, 1.54) is 23.4 Å². The van der Waals surface area contributed by atoms with Crippen LogP contribution >= 0.6 is 0 Å². The highest BCUT2D eigenvalue weighted by Crippen LogP contribution is 2.34. The number of benzene rings is 1. The summed E-state index contributed by atoms with van der Waals surface area (Å²) < 4.78 is 30.8. The van der Waals surface area contributed by atoms with E-state index in [1.54, 1.807) is 25.1 Å². The highest BCUT2D eigenvalue weighted by atomic mass is 32.2. The summed E-state index contributed by atoms with van der Waals surface area (Å²) in [5.41, 5.74) is 1.70. The van der Waals surface area contributed by atoms with Crippen LogP contribution in [0.2, 0.25) is 0 Å². The van der Waals surface area contributed by atoms with Gasteiger partial charge < -0.3 is 10.1 Å². The van der Waals surface area contributed by atoms with E-state index in [9.17, 15) is 18.0 Å². The zero-order chi connectivity index (χ0) is 21.2. The summed E-state index contributed by atoms with van der Waals surface area (Å²) in [6.45, 7) is 3.41. The van der Waals surface area contributed by atoms with Crippen LogP contribution in [0.1, 0.15) is 68.3 Å². The number of esters is 1. The van der Waals surface area contributed by atoms with E-state index in [0.29, 0.717) is 17.7 Å². The largest absolute Gasteiger partial charge is 0.449 e. The van der Waals surface area contributed by atoms with Crippen molar-refractivity contribution in [2.24, 2.45) is 0 Å². The summed E-state index contributed by atoms with van der Waals surface area (Å²) in [6, 6.07) is 4.79. The second-order valence-corrected chi connectivity index (χ2v) is 10.1. The molecule has 7 nitrogen and oxygen atoms in total. The van der Waals surface area contributed by atoms with Crippen LogP contribution < -0.4 is 9.62 Å². The van der Waals surface area contributed by atoms with Gasteiger partial charge in [-0.2, -0.15) is 0 Å². The molecule has 0 aromatic heterocycles. The van der Waals surface area contributed by atoms with E-state index in [4.69, 9.17) is 4.74 Å². The molecule has 0 spiro atoms. The van der Waals surface area contributed by atoms with Gasteiger partial charge in [0.25, 0.3) is 5.91 Å². The minimum Gasteiger partial charge on any atom is -0.449 e. The highest BCUT2D eigenvalue weighted by Gasteiger charge is 2.33. The van der Waals surface area contributed by atoms with Crippen molar-refractivity contribution in [1.82, 2.24) is 5.32 Å². The van der Waals surface area contributed by atoms with E-state index < -0.39 is 22.1 Å². The zero-order valence-electron chi connectivity index (χ0n) is 17.3.